The van der Waals surface area contributed by atoms with Gasteiger partial charge in [-0.15, -0.1) is 0 Å². The van der Waals surface area contributed by atoms with Gasteiger partial charge in [-0.2, -0.15) is 0 Å². The fourth-order valence-corrected chi connectivity index (χ4v) is 1.01. The molecule has 0 nitrogen and oxygen atoms in total. The van der Waals surface area contributed by atoms with Crippen molar-refractivity contribution in [2.75, 3.05) is 5.33 Å². The molecule has 0 saturated heterocycles. The molecule has 0 heterocycles. The van der Waals surface area contributed by atoms with Gasteiger partial charge < -0.3 is 0 Å². The SMILES string of the molecule is BrCC1C=CC=C1. The average molecular weight is 159 g/mol. The second-order valence-corrected chi connectivity index (χ2v) is 2.24. The monoisotopic (exact) mass is 158 g/mol. The summed E-state index contributed by atoms with van der Waals surface area (Å²) in [7, 11) is 0. The first kappa shape index (κ1) is 5.10. The first-order valence-electron chi connectivity index (χ1n) is 2.34. The Hall–Kier alpha value is -0.0400. The highest BCUT2D eigenvalue weighted by Crippen LogP contribution is 2.10. The highest BCUT2D eigenvalue weighted by molar-refractivity contribution is 9.09. The van der Waals surface area contributed by atoms with Crippen molar-refractivity contribution in [2.24, 2.45) is 5.92 Å². The van der Waals surface area contributed by atoms with Gasteiger partial charge in [0.25, 0.3) is 0 Å². The van der Waals surface area contributed by atoms with Crippen molar-refractivity contribution in [2.45, 2.75) is 0 Å². The molecule has 0 saturated carbocycles. The number of halogens is 1. The molecule has 1 aliphatic rings. The third-order valence-corrected chi connectivity index (χ3v) is 1.75. The van der Waals surface area contributed by atoms with Gasteiger partial charge in [0, 0.05) is 11.2 Å². The molecule has 0 aromatic carbocycles. The number of hydrogen-bond donors (Lipinski definition) is 0. The Labute approximate surface area is 52.0 Å². The van der Waals surface area contributed by atoms with Crippen molar-refractivity contribution in [1.82, 2.24) is 0 Å². The van der Waals surface area contributed by atoms with Crippen LogP contribution in [-0.2, 0) is 0 Å². The summed E-state index contributed by atoms with van der Waals surface area (Å²) in [5.74, 6) is 0.653. The normalized spacial score (nSPS) is 19.0. The molecule has 0 spiro atoms. The van der Waals surface area contributed by atoms with E-state index >= 15 is 0 Å². The Bertz CT molecular complexity index is 90.7. The molecule has 0 fully saturated rings. The van der Waals surface area contributed by atoms with Gasteiger partial charge in [0.15, 0.2) is 0 Å². The lowest BCUT2D eigenvalue weighted by molar-refractivity contribution is 0.986. The van der Waals surface area contributed by atoms with Gasteiger partial charge in [-0.25, -0.2) is 0 Å². The number of rotatable bonds is 1. The Morgan fingerprint density at radius 2 is 1.86 bits per heavy atom. The Balaban J connectivity index is 2.44. The van der Waals surface area contributed by atoms with Crippen LogP contribution in [-0.4, -0.2) is 5.33 Å². The highest BCUT2D eigenvalue weighted by Gasteiger charge is 1.97. The summed E-state index contributed by atoms with van der Waals surface area (Å²) in [6.07, 6.45) is 8.50. The summed E-state index contributed by atoms with van der Waals surface area (Å²) in [5, 5.41) is 1.06. The zero-order valence-corrected chi connectivity index (χ0v) is 5.56. The quantitative estimate of drug-likeness (QED) is 0.514. The molecule has 38 valence electrons. The minimum atomic E-state index is 0.653. The number of hydrogen-bond acceptors (Lipinski definition) is 0. The van der Waals surface area contributed by atoms with E-state index in [2.05, 4.69) is 40.2 Å². The Morgan fingerprint density at radius 1 is 1.29 bits per heavy atom. The first-order chi connectivity index (χ1) is 3.43. The third-order valence-electron chi connectivity index (χ3n) is 1.01. The average Bonchev–Trinajstić information content (AvgIpc) is 2.14. The molecule has 0 aromatic rings. The molecule has 0 N–H and O–H groups in total. The lowest BCUT2D eigenvalue weighted by atomic mass is 10.2. The van der Waals surface area contributed by atoms with Gasteiger partial charge in [-0.3, -0.25) is 0 Å². The van der Waals surface area contributed by atoms with Crippen LogP contribution in [0.3, 0.4) is 0 Å². The van der Waals surface area contributed by atoms with Crippen molar-refractivity contribution < 1.29 is 0 Å². The van der Waals surface area contributed by atoms with E-state index in [1.165, 1.54) is 0 Å². The van der Waals surface area contributed by atoms with E-state index in [9.17, 15) is 0 Å². The maximum atomic E-state index is 3.37. The molecule has 0 bridgehead atoms. The maximum Gasteiger partial charge on any atom is 0.0129 e. The largest absolute Gasteiger partial charge is 0.0918 e. The molecule has 0 unspecified atom stereocenters. The molecule has 1 aliphatic carbocycles. The zero-order valence-electron chi connectivity index (χ0n) is 3.97. The molecule has 7 heavy (non-hydrogen) atoms. The van der Waals surface area contributed by atoms with Gasteiger partial charge in [-0.1, -0.05) is 40.2 Å². The smallest absolute Gasteiger partial charge is 0.0129 e. The third kappa shape index (κ3) is 1.16. The van der Waals surface area contributed by atoms with Crippen molar-refractivity contribution >= 4 is 15.9 Å². The maximum absolute atomic E-state index is 3.37. The van der Waals surface area contributed by atoms with Crippen molar-refractivity contribution in [3.63, 3.8) is 0 Å². The fourth-order valence-electron chi connectivity index (χ4n) is 0.581. The molecular weight excluding hydrogens is 152 g/mol. The minimum absolute atomic E-state index is 0.653. The predicted octanol–water partition coefficient (Wildman–Crippen LogP) is 2.12. The summed E-state index contributed by atoms with van der Waals surface area (Å²) < 4.78 is 0. The molecule has 1 rings (SSSR count). The highest BCUT2D eigenvalue weighted by atomic mass is 79.9. The number of allylic oxidation sites excluding steroid dienone is 4. The summed E-state index contributed by atoms with van der Waals surface area (Å²) in [6.45, 7) is 0. The van der Waals surface area contributed by atoms with Crippen molar-refractivity contribution in [1.29, 1.82) is 0 Å². The fraction of sp³-hybridized carbons (Fsp3) is 0.333. The van der Waals surface area contributed by atoms with Gasteiger partial charge in [-0.05, 0) is 0 Å². The summed E-state index contributed by atoms with van der Waals surface area (Å²) in [6, 6.07) is 0. The molecular formula is C6H7Br. The van der Waals surface area contributed by atoms with E-state index in [0.717, 1.165) is 5.33 Å². The lowest BCUT2D eigenvalue weighted by Crippen LogP contribution is -1.86. The van der Waals surface area contributed by atoms with E-state index < -0.39 is 0 Å². The van der Waals surface area contributed by atoms with E-state index in [1.54, 1.807) is 0 Å². The van der Waals surface area contributed by atoms with Crippen LogP contribution in [0.1, 0.15) is 0 Å². The van der Waals surface area contributed by atoms with Gasteiger partial charge >= 0.3 is 0 Å². The summed E-state index contributed by atoms with van der Waals surface area (Å²) >= 11 is 3.37. The summed E-state index contributed by atoms with van der Waals surface area (Å²) in [4.78, 5) is 0. The van der Waals surface area contributed by atoms with Crippen LogP contribution in [0.4, 0.5) is 0 Å². The molecule has 0 radical (unpaired) electrons. The molecule has 1 heteroatoms. The second kappa shape index (κ2) is 2.31. The minimum Gasteiger partial charge on any atom is -0.0918 e. The lowest BCUT2D eigenvalue weighted by Gasteiger charge is -1.92. The summed E-state index contributed by atoms with van der Waals surface area (Å²) in [5.41, 5.74) is 0. The van der Waals surface area contributed by atoms with Gasteiger partial charge in [0.1, 0.15) is 0 Å². The van der Waals surface area contributed by atoms with E-state index in [1.807, 2.05) is 0 Å². The van der Waals surface area contributed by atoms with Crippen LogP contribution in [0.15, 0.2) is 24.3 Å². The standard InChI is InChI=1S/C6H7Br/c7-5-6-3-1-2-4-6/h1-4,6H,5H2. The molecule has 0 aromatic heterocycles. The van der Waals surface area contributed by atoms with Gasteiger partial charge in [0.05, 0.1) is 0 Å². The van der Waals surface area contributed by atoms with Crippen LogP contribution in [0.2, 0.25) is 0 Å². The second-order valence-electron chi connectivity index (χ2n) is 1.59. The van der Waals surface area contributed by atoms with E-state index in [-0.39, 0.29) is 0 Å². The molecule has 0 atom stereocenters. The number of alkyl halides is 1. The van der Waals surface area contributed by atoms with E-state index in [0.29, 0.717) is 5.92 Å². The molecule has 0 amide bonds. The van der Waals surface area contributed by atoms with Crippen LogP contribution < -0.4 is 0 Å². The first-order valence-corrected chi connectivity index (χ1v) is 3.46. The van der Waals surface area contributed by atoms with Crippen LogP contribution in [0.5, 0.6) is 0 Å². The van der Waals surface area contributed by atoms with Crippen molar-refractivity contribution in [3.8, 4) is 0 Å². The van der Waals surface area contributed by atoms with Crippen LogP contribution in [0, 0.1) is 5.92 Å². The van der Waals surface area contributed by atoms with E-state index in [4.69, 9.17) is 0 Å². The predicted molar refractivity (Wildman–Crippen MR) is 35.6 cm³/mol. The Morgan fingerprint density at radius 3 is 2.14 bits per heavy atom. The Kier molecular flexibility index (Phi) is 1.69. The topological polar surface area (TPSA) is 0 Å². The van der Waals surface area contributed by atoms with Gasteiger partial charge in [0.2, 0.25) is 0 Å². The van der Waals surface area contributed by atoms with Crippen molar-refractivity contribution in [3.05, 3.63) is 24.3 Å². The zero-order chi connectivity index (χ0) is 5.11. The molecule has 0 aliphatic heterocycles. The van der Waals surface area contributed by atoms with Crippen LogP contribution >= 0.6 is 15.9 Å². The van der Waals surface area contributed by atoms with Crippen LogP contribution in [0.25, 0.3) is 0 Å².